The number of carbonyl (C=O) groups excluding carboxylic acids is 1. The largest absolute Gasteiger partial charge is 0.338 e. The van der Waals surface area contributed by atoms with Crippen molar-refractivity contribution in [2.75, 3.05) is 18.1 Å². The molecule has 0 aromatic heterocycles. The second-order valence-electron chi connectivity index (χ2n) is 2.86. The fourth-order valence-electron chi connectivity index (χ4n) is 1.30. The van der Waals surface area contributed by atoms with Crippen LogP contribution in [0.4, 0.5) is 0 Å². The van der Waals surface area contributed by atoms with Gasteiger partial charge in [0.25, 0.3) is 0 Å². The molecule has 0 saturated carbocycles. The van der Waals surface area contributed by atoms with Crippen LogP contribution in [0.5, 0.6) is 0 Å². The van der Waals surface area contributed by atoms with Gasteiger partial charge in [0.15, 0.2) is 0 Å². The molecule has 0 bridgehead atoms. The molecule has 1 amide bonds. The Labute approximate surface area is 72.3 Å². The van der Waals surface area contributed by atoms with Gasteiger partial charge in [-0.3, -0.25) is 4.79 Å². The molecule has 1 fully saturated rings. The van der Waals surface area contributed by atoms with Crippen LogP contribution in [-0.4, -0.2) is 34.9 Å². The van der Waals surface area contributed by atoms with Crippen LogP contribution >= 0.6 is 11.8 Å². The van der Waals surface area contributed by atoms with Gasteiger partial charge >= 0.3 is 0 Å². The van der Waals surface area contributed by atoms with Crippen LogP contribution in [0.25, 0.3) is 0 Å². The number of thioether (sulfide) groups is 1. The lowest BCUT2D eigenvalue weighted by Crippen LogP contribution is -2.44. The fraction of sp³-hybridized carbons (Fsp3) is 0.875. The second kappa shape index (κ2) is 4.00. The smallest absolute Gasteiger partial charge is 0.222 e. The highest BCUT2D eigenvalue weighted by Gasteiger charge is 2.21. The molecule has 64 valence electrons. The molecule has 1 aliphatic rings. The zero-order valence-electron chi connectivity index (χ0n) is 7.17. The van der Waals surface area contributed by atoms with Crippen LogP contribution in [0, 0.1) is 0 Å². The molecule has 1 saturated heterocycles. The molecule has 1 unspecified atom stereocenters. The Morgan fingerprint density at radius 3 is 3.00 bits per heavy atom. The molecular weight excluding hydrogens is 158 g/mol. The molecule has 1 atom stereocenters. The number of amides is 1. The molecule has 0 aromatic rings. The summed E-state index contributed by atoms with van der Waals surface area (Å²) in [6.07, 6.45) is 0.648. The standard InChI is InChI=1S/C8H15NOS/c1-3-8(10)9-4-5-11-6-7(9)2/h7H,3-6H2,1-2H3. The van der Waals surface area contributed by atoms with E-state index in [1.807, 2.05) is 23.6 Å². The van der Waals surface area contributed by atoms with Crippen molar-refractivity contribution in [2.45, 2.75) is 26.3 Å². The van der Waals surface area contributed by atoms with Gasteiger partial charge in [-0.05, 0) is 6.92 Å². The molecule has 1 rings (SSSR count). The average molecular weight is 173 g/mol. The summed E-state index contributed by atoms with van der Waals surface area (Å²) < 4.78 is 0. The van der Waals surface area contributed by atoms with Crippen LogP contribution in [0.15, 0.2) is 0 Å². The maximum Gasteiger partial charge on any atom is 0.222 e. The summed E-state index contributed by atoms with van der Waals surface area (Å²) in [5, 5.41) is 0. The molecule has 0 aliphatic carbocycles. The predicted octanol–water partition coefficient (Wildman–Crippen LogP) is 1.36. The molecule has 1 heterocycles. The molecule has 0 N–H and O–H groups in total. The van der Waals surface area contributed by atoms with Crippen LogP contribution in [0.2, 0.25) is 0 Å². The summed E-state index contributed by atoms with van der Waals surface area (Å²) >= 11 is 1.94. The van der Waals surface area contributed by atoms with E-state index >= 15 is 0 Å². The highest BCUT2D eigenvalue weighted by molar-refractivity contribution is 7.99. The van der Waals surface area contributed by atoms with Crippen molar-refractivity contribution in [2.24, 2.45) is 0 Å². The molecule has 0 spiro atoms. The predicted molar refractivity (Wildman–Crippen MR) is 48.8 cm³/mol. The van der Waals surface area contributed by atoms with Crippen LogP contribution in [0.1, 0.15) is 20.3 Å². The highest BCUT2D eigenvalue weighted by Crippen LogP contribution is 2.16. The van der Waals surface area contributed by atoms with Gasteiger partial charge in [-0.1, -0.05) is 6.92 Å². The first-order valence-electron chi connectivity index (χ1n) is 4.13. The quantitative estimate of drug-likeness (QED) is 0.597. The van der Waals surface area contributed by atoms with Crippen molar-refractivity contribution in [3.63, 3.8) is 0 Å². The Bertz CT molecular complexity index is 149. The van der Waals surface area contributed by atoms with E-state index in [9.17, 15) is 4.79 Å². The molecule has 11 heavy (non-hydrogen) atoms. The first kappa shape index (κ1) is 8.91. The lowest BCUT2D eigenvalue weighted by atomic mass is 10.3. The van der Waals surface area contributed by atoms with Crippen LogP contribution in [-0.2, 0) is 4.79 Å². The molecule has 2 nitrogen and oxygen atoms in total. The van der Waals surface area contributed by atoms with Crippen LogP contribution in [0.3, 0.4) is 0 Å². The maximum atomic E-state index is 11.3. The first-order valence-corrected chi connectivity index (χ1v) is 5.28. The minimum absolute atomic E-state index is 0.304. The van der Waals surface area contributed by atoms with E-state index in [2.05, 4.69) is 6.92 Å². The van der Waals surface area contributed by atoms with Crippen molar-refractivity contribution in [1.29, 1.82) is 0 Å². The molecule has 0 aromatic carbocycles. The topological polar surface area (TPSA) is 20.3 Å². The molecule has 1 aliphatic heterocycles. The number of hydrogen-bond donors (Lipinski definition) is 0. The van der Waals surface area contributed by atoms with Crippen molar-refractivity contribution in [3.05, 3.63) is 0 Å². The molecule has 3 heteroatoms. The number of carbonyl (C=O) groups is 1. The van der Waals surface area contributed by atoms with E-state index < -0.39 is 0 Å². The SMILES string of the molecule is CCC(=O)N1CCSCC1C. The first-order chi connectivity index (χ1) is 5.25. The number of rotatable bonds is 1. The molecular formula is C8H15NOS. The van der Waals surface area contributed by atoms with E-state index in [1.165, 1.54) is 0 Å². The monoisotopic (exact) mass is 173 g/mol. The van der Waals surface area contributed by atoms with Gasteiger partial charge in [0.2, 0.25) is 5.91 Å². The lowest BCUT2D eigenvalue weighted by molar-refractivity contribution is -0.132. The van der Waals surface area contributed by atoms with Gasteiger partial charge in [0, 0.05) is 30.5 Å². The zero-order valence-corrected chi connectivity index (χ0v) is 7.99. The zero-order chi connectivity index (χ0) is 8.27. The van der Waals surface area contributed by atoms with Crippen molar-refractivity contribution < 1.29 is 4.79 Å². The van der Waals surface area contributed by atoms with E-state index in [1.54, 1.807) is 0 Å². The average Bonchev–Trinajstić information content (AvgIpc) is 2.04. The Morgan fingerprint density at radius 2 is 2.45 bits per heavy atom. The summed E-state index contributed by atoms with van der Waals surface area (Å²) in [4.78, 5) is 13.3. The van der Waals surface area contributed by atoms with E-state index in [4.69, 9.17) is 0 Å². The third kappa shape index (κ3) is 2.12. The van der Waals surface area contributed by atoms with Gasteiger partial charge in [-0.15, -0.1) is 0 Å². The number of nitrogens with zero attached hydrogens (tertiary/aromatic N) is 1. The summed E-state index contributed by atoms with van der Waals surface area (Å²) in [6.45, 7) is 5.00. The third-order valence-corrected chi connectivity index (χ3v) is 3.18. The van der Waals surface area contributed by atoms with Crippen LogP contribution < -0.4 is 0 Å². The van der Waals surface area contributed by atoms with Gasteiger partial charge in [0.05, 0.1) is 0 Å². The van der Waals surface area contributed by atoms with Crippen molar-refractivity contribution >= 4 is 17.7 Å². The van der Waals surface area contributed by atoms with Gasteiger partial charge < -0.3 is 4.90 Å². The van der Waals surface area contributed by atoms with Gasteiger partial charge in [0.1, 0.15) is 0 Å². The van der Waals surface area contributed by atoms with E-state index in [0.29, 0.717) is 18.4 Å². The lowest BCUT2D eigenvalue weighted by Gasteiger charge is -2.32. The van der Waals surface area contributed by atoms with Gasteiger partial charge in [-0.25, -0.2) is 0 Å². The Kier molecular flexibility index (Phi) is 3.24. The second-order valence-corrected chi connectivity index (χ2v) is 4.01. The molecule has 0 radical (unpaired) electrons. The minimum Gasteiger partial charge on any atom is -0.338 e. The van der Waals surface area contributed by atoms with E-state index in [0.717, 1.165) is 18.1 Å². The van der Waals surface area contributed by atoms with Gasteiger partial charge in [-0.2, -0.15) is 11.8 Å². The Hall–Kier alpha value is -0.180. The summed E-state index contributed by atoms with van der Waals surface area (Å²) in [6, 6.07) is 0.446. The Balaban J connectivity index is 2.47. The highest BCUT2D eigenvalue weighted by atomic mass is 32.2. The fourth-order valence-corrected chi connectivity index (χ4v) is 2.31. The van der Waals surface area contributed by atoms with Crippen molar-refractivity contribution in [1.82, 2.24) is 4.90 Å². The summed E-state index contributed by atoms with van der Waals surface area (Å²) in [5.74, 6) is 2.51. The summed E-state index contributed by atoms with van der Waals surface area (Å²) in [5.41, 5.74) is 0. The normalized spacial score (nSPS) is 25.3. The number of hydrogen-bond acceptors (Lipinski definition) is 2. The van der Waals surface area contributed by atoms with E-state index in [-0.39, 0.29) is 0 Å². The Morgan fingerprint density at radius 1 is 1.73 bits per heavy atom. The third-order valence-electron chi connectivity index (χ3n) is 1.99. The van der Waals surface area contributed by atoms with Crippen molar-refractivity contribution in [3.8, 4) is 0 Å². The summed E-state index contributed by atoms with van der Waals surface area (Å²) in [7, 11) is 0. The maximum absolute atomic E-state index is 11.3. The minimum atomic E-state index is 0.304.